The Morgan fingerprint density at radius 2 is 2.06 bits per heavy atom. The van der Waals surface area contributed by atoms with Crippen LogP contribution in [0.25, 0.3) is 0 Å². The van der Waals surface area contributed by atoms with E-state index in [-0.39, 0.29) is 12.0 Å². The Morgan fingerprint density at radius 1 is 1.44 bits per heavy atom. The zero-order valence-corrected chi connectivity index (χ0v) is 9.97. The Kier molecular flexibility index (Phi) is 4.33. The van der Waals surface area contributed by atoms with E-state index < -0.39 is 38.6 Å². The zero-order chi connectivity index (χ0) is 13.9. The van der Waals surface area contributed by atoms with Crippen molar-refractivity contribution in [3.63, 3.8) is 0 Å². The zero-order valence-electron chi connectivity index (χ0n) is 9.15. The number of carbonyl (C=O) groups excluding carboxylic acids is 1. The highest BCUT2D eigenvalue weighted by atomic mass is 32.2. The molecule has 0 aliphatic heterocycles. The summed E-state index contributed by atoms with van der Waals surface area (Å²) in [7, 11) is 0. The van der Waals surface area contributed by atoms with Crippen LogP contribution in [0, 0.1) is 10.1 Å². The van der Waals surface area contributed by atoms with Gasteiger partial charge in [0.25, 0.3) is 5.69 Å². The number of nitrogens with zero attached hydrogens (tertiary/aromatic N) is 1. The summed E-state index contributed by atoms with van der Waals surface area (Å²) in [6.45, 7) is 1.48. The second-order valence-electron chi connectivity index (χ2n) is 3.23. The summed E-state index contributed by atoms with van der Waals surface area (Å²) in [5, 5.41) is 10.8. The molecule has 1 aromatic rings. The minimum absolute atomic E-state index is 0.0129. The Bertz CT molecular complexity index is 488. The molecule has 0 N–H and O–H groups in total. The molecule has 0 aliphatic rings. The van der Waals surface area contributed by atoms with E-state index in [2.05, 4.69) is 0 Å². The van der Waals surface area contributed by atoms with Gasteiger partial charge >= 0.3 is 5.51 Å². The fourth-order valence-electron chi connectivity index (χ4n) is 1.33. The van der Waals surface area contributed by atoms with Gasteiger partial charge < -0.3 is 0 Å². The molecule has 98 valence electrons. The van der Waals surface area contributed by atoms with Crippen LogP contribution in [0.2, 0.25) is 0 Å². The Labute approximate surface area is 104 Å². The van der Waals surface area contributed by atoms with Crippen molar-refractivity contribution in [2.75, 3.05) is 0 Å². The van der Waals surface area contributed by atoms with E-state index in [1.807, 2.05) is 0 Å². The van der Waals surface area contributed by atoms with Gasteiger partial charge in [0.05, 0.1) is 15.4 Å². The van der Waals surface area contributed by atoms with Crippen molar-refractivity contribution in [2.24, 2.45) is 0 Å². The van der Waals surface area contributed by atoms with Gasteiger partial charge in [0.1, 0.15) is 0 Å². The number of carbonyl (C=O) groups is 1. The van der Waals surface area contributed by atoms with Gasteiger partial charge in [-0.15, -0.1) is 0 Å². The molecule has 0 aliphatic carbocycles. The van der Waals surface area contributed by atoms with Crippen LogP contribution in [-0.4, -0.2) is 16.2 Å². The van der Waals surface area contributed by atoms with E-state index in [9.17, 15) is 28.1 Å². The molecule has 8 heteroatoms. The summed E-state index contributed by atoms with van der Waals surface area (Å²) in [6.07, 6.45) is -0.0129. The maximum Gasteiger partial charge on any atom is 0.446 e. The normalized spacial score (nSPS) is 11.3. The van der Waals surface area contributed by atoms with Crippen molar-refractivity contribution < 1.29 is 22.9 Å². The van der Waals surface area contributed by atoms with Gasteiger partial charge in [-0.2, -0.15) is 13.2 Å². The smallest absolute Gasteiger partial charge is 0.294 e. The molecule has 0 aromatic heterocycles. The van der Waals surface area contributed by atoms with Crippen LogP contribution < -0.4 is 0 Å². The number of nitro benzene ring substituents is 1. The highest BCUT2D eigenvalue weighted by Gasteiger charge is 2.34. The van der Waals surface area contributed by atoms with Crippen molar-refractivity contribution in [3.8, 4) is 0 Å². The van der Waals surface area contributed by atoms with Gasteiger partial charge in [-0.1, -0.05) is 13.0 Å². The molecule has 0 saturated heterocycles. The standard InChI is InChI=1S/C10H8F3NO3S/c1-2-7(15)6-4-3-5-8(9(6)14(16)17)18-10(11,12)13/h3-5H,2H2,1H3. The fourth-order valence-corrected chi connectivity index (χ4v) is 2.01. The van der Waals surface area contributed by atoms with Crippen molar-refractivity contribution in [1.29, 1.82) is 0 Å². The van der Waals surface area contributed by atoms with Crippen LogP contribution in [0.3, 0.4) is 0 Å². The number of hydrogen-bond donors (Lipinski definition) is 0. The van der Waals surface area contributed by atoms with Crippen LogP contribution in [0.5, 0.6) is 0 Å². The number of hydrogen-bond acceptors (Lipinski definition) is 4. The first kappa shape index (κ1) is 14.5. The van der Waals surface area contributed by atoms with Crippen molar-refractivity contribution >= 4 is 23.2 Å². The quantitative estimate of drug-likeness (QED) is 0.364. The number of para-hydroxylation sites is 1. The molecular weight excluding hydrogens is 271 g/mol. The minimum atomic E-state index is -4.64. The predicted molar refractivity (Wildman–Crippen MR) is 59.6 cm³/mol. The Morgan fingerprint density at radius 3 is 2.50 bits per heavy atom. The molecule has 0 bridgehead atoms. The van der Waals surface area contributed by atoms with Crippen LogP contribution >= 0.6 is 11.8 Å². The maximum atomic E-state index is 12.3. The summed E-state index contributed by atoms with van der Waals surface area (Å²) in [6, 6.07) is 3.33. The molecule has 0 amide bonds. The largest absolute Gasteiger partial charge is 0.446 e. The summed E-state index contributed by atoms with van der Waals surface area (Å²) in [5.41, 5.74) is -5.72. The lowest BCUT2D eigenvalue weighted by atomic mass is 10.1. The maximum absolute atomic E-state index is 12.3. The average molecular weight is 279 g/mol. The number of alkyl halides is 3. The summed E-state index contributed by atoms with van der Waals surface area (Å²) in [4.78, 5) is 20.7. The lowest BCUT2D eigenvalue weighted by molar-refractivity contribution is -0.388. The van der Waals surface area contributed by atoms with E-state index in [0.717, 1.165) is 12.1 Å². The van der Waals surface area contributed by atoms with Gasteiger partial charge in [-0.25, -0.2) is 0 Å². The number of halogens is 3. The number of thioether (sulfide) groups is 1. The molecule has 1 rings (SSSR count). The van der Waals surface area contributed by atoms with Crippen molar-refractivity contribution in [1.82, 2.24) is 0 Å². The van der Waals surface area contributed by atoms with E-state index in [1.165, 1.54) is 13.0 Å². The van der Waals surface area contributed by atoms with E-state index >= 15 is 0 Å². The van der Waals surface area contributed by atoms with E-state index in [1.54, 1.807) is 0 Å². The van der Waals surface area contributed by atoms with Gasteiger partial charge in [0.2, 0.25) is 0 Å². The summed E-state index contributed by atoms with van der Waals surface area (Å²) in [5.74, 6) is -0.564. The Balaban J connectivity index is 3.35. The number of benzene rings is 1. The van der Waals surface area contributed by atoms with Crippen LogP contribution in [0.4, 0.5) is 18.9 Å². The highest BCUT2D eigenvalue weighted by molar-refractivity contribution is 8.00. The third-order valence-corrected chi connectivity index (χ3v) is 2.81. The SMILES string of the molecule is CCC(=O)c1cccc(SC(F)(F)F)c1[N+](=O)[O-]. The molecule has 0 atom stereocenters. The van der Waals surface area contributed by atoms with Crippen LogP contribution in [0.1, 0.15) is 23.7 Å². The number of nitro groups is 1. The first-order chi connectivity index (χ1) is 8.26. The lowest BCUT2D eigenvalue weighted by Crippen LogP contribution is -2.06. The molecule has 0 heterocycles. The molecule has 0 fully saturated rings. The summed E-state index contributed by atoms with van der Waals surface area (Å²) >= 11 is -0.596. The monoisotopic (exact) mass is 279 g/mol. The van der Waals surface area contributed by atoms with Crippen molar-refractivity contribution in [3.05, 3.63) is 33.9 Å². The number of ketones is 1. The molecule has 0 unspecified atom stereocenters. The molecule has 0 spiro atoms. The minimum Gasteiger partial charge on any atom is -0.294 e. The van der Waals surface area contributed by atoms with Gasteiger partial charge in [0, 0.05) is 6.42 Å². The topological polar surface area (TPSA) is 60.2 Å². The lowest BCUT2D eigenvalue weighted by Gasteiger charge is -2.08. The molecule has 0 saturated carbocycles. The predicted octanol–water partition coefficient (Wildman–Crippen LogP) is 3.80. The third-order valence-electron chi connectivity index (χ3n) is 2.03. The number of rotatable bonds is 4. The van der Waals surface area contributed by atoms with Gasteiger partial charge in [0.15, 0.2) is 5.78 Å². The molecule has 1 aromatic carbocycles. The van der Waals surface area contributed by atoms with E-state index in [4.69, 9.17) is 0 Å². The first-order valence-corrected chi connectivity index (χ1v) is 5.64. The first-order valence-electron chi connectivity index (χ1n) is 4.82. The molecule has 18 heavy (non-hydrogen) atoms. The average Bonchev–Trinajstić information content (AvgIpc) is 2.25. The molecule has 4 nitrogen and oxygen atoms in total. The second-order valence-corrected chi connectivity index (χ2v) is 4.34. The number of Topliss-reactive ketones (excluding diaryl/α,β-unsaturated/α-hetero) is 1. The van der Waals surface area contributed by atoms with E-state index in [0.29, 0.717) is 0 Å². The van der Waals surface area contributed by atoms with Gasteiger partial charge in [-0.05, 0) is 23.9 Å². The highest BCUT2D eigenvalue weighted by Crippen LogP contribution is 2.42. The van der Waals surface area contributed by atoms with Crippen LogP contribution in [-0.2, 0) is 0 Å². The summed E-state index contributed by atoms with van der Waals surface area (Å²) < 4.78 is 36.8. The van der Waals surface area contributed by atoms with Crippen LogP contribution in [0.15, 0.2) is 23.1 Å². The molecular formula is C10H8F3NO3S. The molecule has 0 radical (unpaired) electrons. The Hall–Kier alpha value is -1.57. The third kappa shape index (κ3) is 3.46. The second kappa shape index (κ2) is 5.38. The van der Waals surface area contributed by atoms with Gasteiger partial charge in [-0.3, -0.25) is 14.9 Å². The van der Waals surface area contributed by atoms with Crippen molar-refractivity contribution in [2.45, 2.75) is 23.7 Å². The fraction of sp³-hybridized carbons (Fsp3) is 0.300.